The molecule has 6 heteroatoms. The quantitative estimate of drug-likeness (QED) is 0.891. The summed E-state index contributed by atoms with van der Waals surface area (Å²) in [5.41, 5.74) is 1.92. The molecule has 0 amide bonds. The molecule has 0 radical (unpaired) electrons. The standard InChI is InChI=1S/C15H24N2O3S/c1-12-9-17(10-13(2)20-12)21(18,19)11-15-6-4-5-14(7-15)8-16-3/h4-7,12-13,16H,8-11H2,1-3H3/t12-,13+. The van der Waals surface area contributed by atoms with Crippen LogP contribution in [0.3, 0.4) is 0 Å². The molecule has 1 aliphatic rings. The van der Waals surface area contributed by atoms with Crippen molar-refractivity contribution in [2.75, 3.05) is 20.1 Å². The number of hydrogen-bond donors (Lipinski definition) is 1. The van der Waals surface area contributed by atoms with Crippen molar-refractivity contribution in [1.29, 1.82) is 0 Å². The van der Waals surface area contributed by atoms with E-state index in [0.29, 0.717) is 13.1 Å². The lowest BCUT2D eigenvalue weighted by Crippen LogP contribution is -2.48. The van der Waals surface area contributed by atoms with Crippen LogP contribution in [0, 0.1) is 0 Å². The van der Waals surface area contributed by atoms with Gasteiger partial charge in [0.15, 0.2) is 0 Å². The SMILES string of the molecule is CNCc1cccc(CS(=O)(=O)N2C[C@@H](C)O[C@@H](C)C2)c1. The van der Waals surface area contributed by atoms with Crippen molar-refractivity contribution < 1.29 is 13.2 Å². The van der Waals surface area contributed by atoms with Crippen molar-refractivity contribution in [2.45, 2.75) is 38.4 Å². The van der Waals surface area contributed by atoms with Gasteiger partial charge in [-0.15, -0.1) is 0 Å². The summed E-state index contributed by atoms with van der Waals surface area (Å²) in [5.74, 6) is 0.0456. The van der Waals surface area contributed by atoms with Crippen LogP contribution in [0.2, 0.25) is 0 Å². The summed E-state index contributed by atoms with van der Waals surface area (Å²) in [7, 11) is -1.43. The van der Waals surface area contributed by atoms with Crippen molar-refractivity contribution in [2.24, 2.45) is 0 Å². The molecule has 21 heavy (non-hydrogen) atoms. The molecule has 0 saturated carbocycles. The van der Waals surface area contributed by atoms with Gasteiger partial charge in [0.05, 0.1) is 18.0 Å². The fourth-order valence-corrected chi connectivity index (χ4v) is 4.35. The van der Waals surface area contributed by atoms with Gasteiger partial charge in [0.2, 0.25) is 10.0 Å². The highest BCUT2D eigenvalue weighted by atomic mass is 32.2. The molecule has 1 saturated heterocycles. The Hall–Kier alpha value is -0.950. The van der Waals surface area contributed by atoms with E-state index < -0.39 is 10.0 Å². The molecule has 0 aromatic heterocycles. The normalized spacial score (nSPS) is 24.1. The summed E-state index contributed by atoms with van der Waals surface area (Å²) in [6, 6.07) is 7.71. The van der Waals surface area contributed by atoms with Crippen molar-refractivity contribution >= 4 is 10.0 Å². The number of rotatable bonds is 5. The topological polar surface area (TPSA) is 58.6 Å². The van der Waals surface area contributed by atoms with Crippen LogP contribution in [0.25, 0.3) is 0 Å². The summed E-state index contributed by atoms with van der Waals surface area (Å²) in [6.45, 7) is 5.42. The number of nitrogens with zero attached hydrogens (tertiary/aromatic N) is 1. The van der Waals surface area contributed by atoms with E-state index in [0.717, 1.165) is 17.7 Å². The van der Waals surface area contributed by atoms with E-state index >= 15 is 0 Å². The molecule has 5 nitrogen and oxygen atoms in total. The Morgan fingerprint density at radius 2 is 1.86 bits per heavy atom. The lowest BCUT2D eigenvalue weighted by molar-refractivity contribution is -0.0441. The molecular formula is C15H24N2O3S. The van der Waals surface area contributed by atoms with Gasteiger partial charge in [0.1, 0.15) is 0 Å². The monoisotopic (exact) mass is 312 g/mol. The second kappa shape index (κ2) is 6.87. The predicted octanol–water partition coefficient (Wildman–Crippen LogP) is 1.35. The molecule has 1 fully saturated rings. The highest BCUT2D eigenvalue weighted by Crippen LogP contribution is 2.18. The maximum Gasteiger partial charge on any atom is 0.218 e. The number of sulfonamides is 1. The summed E-state index contributed by atoms with van der Waals surface area (Å²) < 4.78 is 32.3. The predicted molar refractivity (Wildman–Crippen MR) is 83.4 cm³/mol. The first kappa shape index (κ1) is 16.4. The van der Waals surface area contributed by atoms with E-state index in [2.05, 4.69) is 5.32 Å². The molecule has 1 aromatic carbocycles. The molecule has 1 aromatic rings. The number of hydrogen-bond acceptors (Lipinski definition) is 4. The van der Waals surface area contributed by atoms with Crippen molar-refractivity contribution in [3.63, 3.8) is 0 Å². The number of morpholine rings is 1. The molecule has 118 valence electrons. The summed E-state index contributed by atoms with van der Waals surface area (Å²) in [4.78, 5) is 0. The Balaban J connectivity index is 2.11. The minimum Gasteiger partial charge on any atom is -0.373 e. The Bertz CT molecular complexity index is 564. The minimum absolute atomic E-state index is 0.0456. The highest BCUT2D eigenvalue weighted by Gasteiger charge is 2.30. The van der Waals surface area contributed by atoms with Crippen molar-refractivity contribution in [3.8, 4) is 0 Å². The number of benzene rings is 1. The van der Waals surface area contributed by atoms with Crippen LogP contribution in [-0.2, 0) is 27.1 Å². The minimum atomic E-state index is -3.30. The third kappa shape index (κ3) is 4.51. The molecule has 0 unspecified atom stereocenters. The zero-order valence-electron chi connectivity index (χ0n) is 12.9. The van der Waals surface area contributed by atoms with Crippen LogP contribution in [0.5, 0.6) is 0 Å². The third-order valence-corrected chi connectivity index (χ3v) is 5.28. The van der Waals surface area contributed by atoms with Gasteiger partial charge in [-0.3, -0.25) is 0 Å². The van der Waals surface area contributed by atoms with Gasteiger partial charge < -0.3 is 10.1 Å². The molecule has 0 bridgehead atoms. The molecule has 1 heterocycles. The van der Waals surface area contributed by atoms with E-state index in [1.54, 1.807) is 4.31 Å². The van der Waals surface area contributed by atoms with Crippen LogP contribution in [0.1, 0.15) is 25.0 Å². The molecule has 0 spiro atoms. The average Bonchev–Trinajstić information content (AvgIpc) is 2.38. The van der Waals surface area contributed by atoms with Gasteiger partial charge in [-0.25, -0.2) is 8.42 Å². The van der Waals surface area contributed by atoms with E-state index in [1.807, 2.05) is 45.2 Å². The Labute approximate surface area is 127 Å². The Morgan fingerprint density at radius 3 is 2.48 bits per heavy atom. The zero-order valence-corrected chi connectivity index (χ0v) is 13.7. The van der Waals surface area contributed by atoms with Crippen LogP contribution in [-0.4, -0.2) is 45.1 Å². The average molecular weight is 312 g/mol. The number of ether oxygens (including phenoxy) is 1. The molecule has 0 aliphatic carbocycles. The van der Waals surface area contributed by atoms with E-state index in [4.69, 9.17) is 4.74 Å². The van der Waals surface area contributed by atoms with Gasteiger partial charge in [-0.1, -0.05) is 24.3 Å². The smallest absolute Gasteiger partial charge is 0.218 e. The first-order valence-corrected chi connectivity index (χ1v) is 8.87. The molecule has 2 rings (SSSR count). The van der Waals surface area contributed by atoms with Crippen LogP contribution < -0.4 is 5.32 Å². The Morgan fingerprint density at radius 1 is 1.24 bits per heavy atom. The van der Waals surface area contributed by atoms with Crippen LogP contribution in [0.15, 0.2) is 24.3 Å². The fourth-order valence-electron chi connectivity index (χ4n) is 2.69. The first-order valence-electron chi connectivity index (χ1n) is 7.26. The lowest BCUT2D eigenvalue weighted by atomic mass is 10.1. The maximum absolute atomic E-state index is 12.6. The van der Waals surface area contributed by atoms with Gasteiger partial charge >= 0.3 is 0 Å². The van der Waals surface area contributed by atoms with Gasteiger partial charge in [0, 0.05) is 19.6 Å². The summed E-state index contributed by atoms with van der Waals surface area (Å²) in [6.07, 6.45) is -0.113. The van der Waals surface area contributed by atoms with E-state index in [-0.39, 0.29) is 18.0 Å². The first-order chi connectivity index (χ1) is 9.90. The largest absolute Gasteiger partial charge is 0.373 e. The molecule has 1 aliphatic heterocycles. The van der Waals surface area contributed by atoms with Crippen LogP contribution >= 0.6 is 0 Å². The van der Waals surface area contributed by atoms with Crippen LogP contribution in [0.4, 0.5) is 0 Å². The van der Waals surface area contributed by atoms with E-state index in [1.165, 1.54) is 0 Å². The van der Waals surface area contributed by atoms with Crippen molar-refractivity contribution in [3.05, 3.63) is 35.4 Å². The van der Waals surface area contributed by atoms with Gasteiger partial charge in [-0.05, 0) is 32.0 Å². The van der Waals surface area contributed by atoms with Gasteiger partial charge in [-0.2, -0.15) is 4.31 Å². The zero-order chi connectivity index (χ0) is 15.5. The third-order valence-electron chi connectivity index (χ3n) is 3.50. The molecule has 2 atom stereocenters. The van der Waals surface area contributed by atoms with Gasteiger partial charge in [0.25, 0.3) is 0 Å². The summed E-state index contributed by atoms with van der Waals surface area (Å²) >= 11 is 0. The maximum atomic E-state index is 12.6. The number of nitrogens with one attached hydrogen (secondary N) is 1. The Kier molecular flexibility index (Phi) is 5.37. The molecule has 1 N–H and O–H groups in total. The fraction of sp³-hybridized carbons (Fsp3) is 0.600. The highest BCUT2D eigenvalue weighted by molar-refractivity contribution is 7.88. The summed E-state index contributed by atoms with van der Waals surface area (Å²) in [5, 5.41) is 3.07. The molecular weight excluding hydrogens is 288 g/mol. The second-order valence-electron chi connectivity index (χ2n) is 5.68. The lowest BCUT2D eigenvalue weighted by Gasteiger charge is -2.34. The van der Waals surface area contributed by atoms with Crippen molar-refractivity contribution in [1.82, 2.24) is 9.62 Å². The van der Waals surface area contributed by atoms with E-state index in [9.17, 15) is 8.42 Å². The second-order valence-corrected chi connectivity index (χ2v) is 7.65.